The summed E-state index contributed by atoms with van der Waals surface area (Å²) in [7, 11) is 0. The molecule has 0 unspecified atom stereocenters. The van der Waals surface area contributed by atoms with E-state index in [1.807, 2.05) is 4.90 Å². The normalized spacial score (nSPS) is 17.1. The maximum atomic E-state index is 13.5. The zero-order valence-electron chi connectivity index (χ0n) is 15.4. The van der Waals surface area contributed by atoms with E-state index in [2.05, 4.69) is 11.9 Å². The molecule has 1 saturated heterocycles. The molecule has 160 valence electrons. The molecule has 1 aromatic rings. The van der Waals surface area contributed by atoms with E-state index >= 15 is 0 Å². The molecule has 2 rings (SSSR count). The number of piperazine rings is 1. The Kier molecular flexibility index (Phi) is 9.30. The summed E-state index contributed by atoms with van der Waals surface area (Å²) in [5, 5.41) is 3.12. The van der Waals surface area contributed by atoms with E-state index in [0.717, 1.165) is 12.8 Å². The van der Waals surface area contributed by atoms with Gasteiger partial charge in [0.05, 0.1) is 11.1 Å². The number of rotatable bonds is 7. The maximum absolute atomic E-state index is 13.5. The highest BCUT2D eigenvalue weighted by Gasteiger charge is 2.39. The van der Waals surface area contributed by atoms with Gasteiger partial charge in [-0.05, 0) is 43.0 Å². The zero-order valence-corrected chi connectivity index (χ0v) is 16.2. The monoisotopic (exact) mass is 430 g/mol. The van der Waals surface area contributed by atoms with Crippen LogP contribution in [-0.4, -0.2) is 31.1 Å². The van der Waals surface area contributed by atoms with Crippen molar-refractivity contribution in [2.75, 3.05) is 26.2 Å². The van der Waals surface area contributed by atoms with E-state index in [1.54, 1.807) is 6.08 Å². The second kappa shape index (κ2) is 10.5. The summed E-state index contributed by atoms with van der Waals surface area (Å²) >= 11 is 0. The Bertz CT molecular complexity index is 624. The summed E-state index contributed by atoms with van der Waals surface area (Å²) in [5.74, 6) is 0. The molecule has 0 saturated carbocycles. The van der Waals surface area contributed by atoms with Gasteiger partial charge in [-0.25, -0.2) is 0 Å². The Labute approximate surface area is 167 Å². The number of benzene rings is 1. The van der Waals surface area contributed by atoms with Crippen molar-refractivity contribution in [3.05, 3.63) is 47.5 Å². The van der Waals surface area contributed by atoms with Gasteiger partial charge in [-0.2, -0.15) is 26.3 Å². The molecule has 9 heteroatoms. The number of allylic oxidation sites excluding steroid dienone is 1. The van der Waals surface area contributed by atoms with Crippen LogP contribution in [0.3, 0.4) is 0 Å². The van der Waals surface area contributed by atoms with Crippen molar-refractivity contribution < 1.29 is 26.3 Å². The molecular formula is C19H25ClF6N2. The highest BCUT2D eigenvalue weighted by molar-refractivity contribution is 5.85. The fraction of sp³-hybridized carbons (Fsp3) is 0.579. The molecule has 1 atom stereocenters. The average Bonchev–Trinajstić information content (AvgIpc) is 2.60. The van der Waals surface area contributed by atoms with Crippen molar-refractivity contribution in [2.24, 2.45) is 0 Å². The fourth-order valence-electron chi connectivity index (χ4n) is 3.43. The zero-order chi connectivity index (χ0) is 20.1. The van der Waals surface area contributed by atoms with Crippen molar-refractivity contribution >= 4 is 12.4 Å². The van der Waals surface area contributed by atoms with Crippen molar-refractivity contribution in [3.8, 4) is 0 Å². The first-order valence-corrected chi connectivity index (χ1v) is 8.98. The van der Waals surface area contributed by atoms with Crippen LogP contribution in [0.1, 0.15) is 48.4 Å². The van der Waals surface area contributed by atoms with Crippen LogP contribution in [0, 0.1) is 0 Å². The first-order valence-electron chi connectivity index (χ1n) is 8.98. The SMILES string of the molecule is C=CCCCC[C@H](c1cc(C(F)(F)F)ccc1C(F)(F)F)N1CCNCC1.Cl. The molecule has 28 heavy (non-hydrogen) atoms. The molecule has 0 radical (unpaired) electrons. The Morgan fingerprint density at radius 3 is 2.21 bits per heavy atom. The smallest absolute Gasteiger partial charge is 0.314 e. The van der Waals surface area contributed by atoms with Crippen LogP contribution in [-0.2, 0) is 12.4 Å². The first-order chi connectivity index (χ1) is 12.6. The Balaban J connectivity index is 0.00000392. The van der Waals surface area contributed by atoms with Gasteiger partial charge in [0, 0.05) is 32.2 Å². The minimum absolute atomic E-state index is 0. The van der Waals surface area contributed by atoms with E-state index in [0.29, 0.717) is 57.2 Å². The van der Waals surface area contributed by atoms with Crippen LogP contribution < -0.4 is 5.32 Å². The van der Waals surface area contributed by atoms with E-state index in [-0.39, 0.29) is 18.0 Å². The third-order valence-corrected chi connectivity index (χ3v) is 4.77. The van der Waals surface area contributed by atoms with Gasteiger partial charge in [0.15, 0.2) is 0 Å². The number of nitrogens with one attached hydrogen (secondary N) is 1. The van der Waals surface area contributed by atoms with Gasteiger partial charge < -0.3 is 5.32 Å². The highest BCUT2D eigenvalue weighted by Crippen LogP contribution is 2.41. The average molecular weight is 431 g/mol. The van der Waals surface area contributed by atoms with Crippen molar-refractivity contribution in [2.45, 2.75) is 44.1 Å². The van der Waals surface area contributed by atoms with Crippen LogP contribution >= 0.6 is 12.4 Å². The van der Waals surface area contributed by atoms with Gasteiger partial charge in [-0.3, -0.25) is 4.90 Å². The second-order valence-corrected chi connectivity index (χ2v) is 6.67. The predicted molar refractivity (Wildman–Crippen MR) is 99.5 cm³/mol. The third kappa shape index (κ3) is 6.67. The lowest BCUT2D eigenvalue weighted by molar-refractivity contribution is -0.142. The number of hydrogen-bond donors (Lipinski definition) is 1. The third-order valence-electron chi connectivity index (χ3n) is 4.77. The lowest BCUT2D eigenvalue weighted by atomic mass is 9.91. The molecule has 1 aliphatic heterocycles. The van der Waals surface area contributed by atoms with Gasteiger partial charge >= 0.3 is 12.4 Å². The standard InChI is InChI=1S/C19H24F6N2.ClH/c1-2-3-4-5-6-17(27-11-9-26-10-12-27)15-13-14(18(20,21)22)7-8-16(15)19(23,24)25;/h2,7-8,13,17,26H,1,3-6,9-12H2;1H/t17-;/m1./s1. The van der Waals surface area contributed by atoms with Gasteiger partial charge in [0.25, 0.3) is 0 Å². The van der Waals surface area contributed by atoms with E-state index in [4.69, 9.17) is 0 Å². The van der Waals surface area contributed by atoms with Crippen LogP contribution in [0.25, 0.3) is 0 Å². The topological polar surface area (TPSA) is 15.3 Å². The number of alkyl halides is 6. The number of nitrogens with zero attached hydrogens (tertiary/aromatic N) is 1. The molecule has 1 aliphatic rings. The summed E-state index contributed by atoms with van der Waals surface area (Å²) in [5.41, 5.74) is -2.31. The highest BCUT2D eigenvalue weighted by atomic mass is 35.5. The Morgan fingerprint density at radius 2 is 1.68 bits per heavy atom. The summed E-state index contributed by atoms with van der Waals surface area (Å²) in [6.45, 7) is 5.82. The fourth-order valence-corrected chi connectivity index (χ4v) is 3.43. The van der Waals surface area contributed by atoms with E-state index in [1.165, 1.54) is 0 Å². The lowest BCUT2D eigenvalue weighted by Crippen LogP contribution is -2.45. The summed E-state index contributed by atoms with van der Waals surface area (Å²) in [6, 6.07) is 1.06. The molecule has 1 heterocycles. The molecule has 1 aromatic carbocycles. The minimum Gasteiger partial charge on any atom is -0.314 e. The molecule has 2 nitrogen and oxygen atoms in total. The molecule has 0 aromatic heterocycles. The largest absolute Gasteiger partial charge is 0.416 e. The van der Waals surface area contributed by atoms with Crippen LogP contribution in [0.5, 0.6) is 0 Å². The molecule has 0 bridgehead atoms. The van der Waals surface area contributed by atoms with Gasteiger partial charge in [0.2, 0.25) is 0 Å². The molecular weight excluding hydrogens is 406 g/mol. The summed E-state index contributed by atoms with van der Waals surface area (Å²) in [4.78, 5) is 1.86. The van der Waals surface area contributed by atoms with Crippen molar-refractivity contribution in [1.29, 1.82) is 0 Å². The van der Waals surface area contributed by atoms with Gasteiger partial charge in [-0.15, -0.1) is 19.0 Å². The van der Waals surface area contributed by atoms with E-state index in [9.17, 15) is 26.3 Å². The van der Waals surface area contributed by atoms with Crippen LogP contribution in [0.15, 0.2) is 30.9 Å². The van der Waals surface area contributed by atoms with Gasteiger partial charge in [0.1, 0.15) is 0 Å². The molecule has 0 amide bonds. The van der Waals surface area contributed by atoms with Crippen molar-refractivity contribution in [3.63, 3.8) is 0 Å². The quantitative estimate of drug-likeness (QED) is 0.332. The van der Waals surface area contributed by atoms with Crippen molar-refractivity contribution in [1.82, 2.24) is 10.2 Å². The second-order valence-electron chi connectivity index (χ2n) is 6.67. The summed E-state index contributed by atoms with van der Waals surface area (Å²) < 4.78 is 80.0. The van der Waals surface area contributed by atoms with Crippen LogP contribution in [0.4, 0.5) is 26.3 Å². The van der Waals surface area contributed by atoms with E-state index < -0.39 is 29.5 Å². The van der Waals surface area contributed by atoms with Gasteiger partial charge in [-0.1, -0.05) is 12.5 Å². The number of halogens is 7. The summed E-state index contributed by atoms with van der Waals surface area (Å²) in [6.07, 6.45) is -5.20. The first kappa shape index (κ1) is 24.8. The Hall–Kier alpha value is -1.25. The predicted octanol–water partition coefficient (Wildman–Crippen LogP) is 5.84. The Morgan fingerprint density at radius 1 is 1.04 bits per heavy atom. The van der Waals surface area contributed by atoms with Crippen LogP contribution in [0.2, 0.25) is 0 Å². The molecule has 1 N–H and O–H groups in total. The lowest BCUT2D eigenvalue weighted by Gasteiger charge is -2.36. The molecule has 0 aliphatic carbocycles. The molecule has 1 fully saturated rings. The molecule has 0 spiro atoms. The number of hydrogen-bond acceptors (Lipinski definition) is 2. The minimum atomic E-state index is -4.70. The number of unbranched alkanes of at least 4 members (excludes halogenated alkanes) is 2. The maximum Gasteiger partial charge on any atom is 0.416 e.